The summed E-state index contributed by atoms with van der Waals surface area (Å²) >= 11 is 12.0. The van der Waals surface area contributed by atoms with Crippen molar-refractivity contribution in [1.29, 1.82) is 5.26 Å². The molecule has 18 heavy (non-hydrogen) atoms. The molecular weight excluding hydrogens is 271 g/mol. The molecule has 6 heteroatoms. The van der Waals surface area contributed by atoms with E-state index in [4.69, 9.17) is 34.2 Å². The van der Waals surface area contributed by atoms with Crippen molar-refractivity contribution in [2.75, 3.05) is 11.1 Å². The summed E-state index contributed by atoms with van der Waals surface area (Å²) in [7, 11) is 0. The SMILES string of the molecule is N#Cc1ccnc(Nc2c(Cl)cccc2Cl)c1N. The monoisotopic (exact) mass is 278 g/mol. The number of anilines is 3. The van der Waals surface area contributed by atoms with E-state index in [1.54, 1.807) is 18.2 Å². The lowest BCUT2D eigenvalue weighted by Gasteiger charge is -2.11. The predicted molar refractivity (Wildman–Crippen MR) is 73.1 cm³/mol. The van der Waals surface area contributed by atoms with Gasteiger partial charge < -0.3 is 11.1 Å². The van der Waals surface area contributed by atoms with Gasteiger partial charge in [0.1, 0.15) is 6.07 Å². The van der Waals surface area contributed by atoms with Crippen molar-refractivity contribution in [3.63, 3.8) is 0 Å². The Morgan fingerprint density at radius 1 is 1.22 bits per heavy atom. The van der Waals surface area contributed by atoms with Crippen LogP contribution in [0.4, 0.5) is 17.2 Å². The maximum absolute atomic E-state index is 8.88. The average molecular weight is 279 g/mol. The van der Waals surface area contributed by atoms with Gasteiger partial charge in [-0.2, -0.15) is 5.26 Å². The van der Waals surface area contributed by atoms with Crippen molar-refractivity contribution >= 4 is 40.4 Å². The Bertz CT molecular complexity index is 614. The maximum Gasteiger partial charge on any atom is 0.155 e. The molecule has 0 fully saturated rings. The fraction of sp³-hybridized carbons (Fsp3) is 0. The van der Waals surface area contributed by atoms with Crippen LogP contribution in [0.25, 0.3) is 0 Å². The number of nitrogen functional groups attached to an aromatic ring is 1. The molecule has 0 unspecified atom stereocenters. The van der Waals surface area contributed by atoms with Gasteiger partial charge in [0.15, 0.2) is 5.82 Å². The molecule has 0 amide bonds. The van der Waals surface area contributed by atoms with E-state index in [0.29, 0.717) is 27.1 Å². The highest BCUT2D eigenvalue weighted by atomic mass is 35.5. The van der Waals surface area contributed by atoms with Gasteiger partial charge in [0.2, 0.25) is 0 Å². The Morgan fingerprint density at radius 3 is 2.50 bits per heavy atom. The molecule has 0 saturated carbocycles. The number of benzene rings is 1. The summed E-state index contributed by atoms with van der Waals surface area (Å²) in [6, 6.07) is 8.64. The van der Waals surface area contributed by atoms with Crippen LogP contribution < -0.4 is 11.1 Å². The minimum Gasteiger partial charge on any atom is -0.395 e. The molecule has 2 aromatic rings. The van der Waals surface area contributed by atoms with Crippen molar-refractivity contribution in [3.05, 3.63) is 46.1 Å². The first-order chi connectivity index (χ1) is 8.63. The van der Waals surface area contributed by atoms with Gasteiger partial charge in [-0.1, -0.05) is 29.3 Å². The molecule has 1 heterocycles. The second-order valence-corrected chi connectivity index (χ2v) is 4.27. The molecule has 0 spiro atoms. The molecule has 90 valence electrons. The molecule has 2 rings (SSSR count). The molecule has 3 N–H and O–H groups in total. The van der Waals surface area contributed by atoms with Gasteiger partial charge in [-0.25, -0.2) is 4.98 Å². The van der Waals surface area contributed by atoms with Crippen LogP contribution in [0.2, 0.25) is 10.0 Å². The first kappa shape index (κ1) is 12.5. The van der Waals surface area contributed by atoms with E-state index in [0.717, 1.165) is 0 Å². The summed E-state index contributed by atoms with van der Waals surface area (Å²) in [5.74, 6) is 0.351. The highest BCUT2D eigenvalue weighted by molar-refractivity contribution is 6.39. The molecule has 0 radical (unpaired) electrons. The zero-order valence-electron chi connectivity index (χ0n) is 9.11. The van der Waals surface area contributed by atoms with Crippen molar-refractivity contribution in [2.24, 2.45) is 0 Å². The Hall–Kier alpha value is -1.96. The molecule has 0 aliphatic heterocycles. The Balaban J connectivity index is 2.44. The first-order valence-corrected chi connectivity index (χ1v) is 5.74. The number of nitrogens with one attached hydrogen (secondary N) is 1. The Labute approximate surface area is 114 Å². The molecule has 0 bridgehead atoms. The third-order valence-electron chi connectivity index (χ3n) is 2.32. The largest absolute Gasteiger partial charge is 0.395 e. The highest BCUT2D eigenvalue weighted by Gasteiger charge is 2.10. The zero-order valence-corrected chi connectivity index (χ0v) is 10.6. The summed E-state index contributed by atoms with van der Waals surface area (Å²) in [6.45, 7) is 0. The average Bonchev–Trinajstić information content (AvgIpc) is 2.36. The predicted octanol–water partition coefficient (Wildman–Crippen LogP) is 3.59. The van der Waals surface area contributed by atoms with Gasteiger partial charge >= 0.3 is 0 Å². The first-order valence-electron chi connectivity index (χ1n) is 4.99. The summed E-state index contributed by atoms with van der Waals surface area (Å²) in [5.41, 5.74) is 6.92. The Morgan fingerprint density at radius 2 is 1.89 bits per heavy atom. The van der Waals surface area contributed by atoms with Gasteiger partial charge in [0.25, 0.3) is 0 Å². The van der Waals surface area contributed by atoms with Crippen LogP contribution in [0.3, 0.4) is 0 Å². The number of para-hydroxylation sites is 1. The van der Waals surface area contributed by atoms with Crippen LogP contribution >= 0.6 is 23.2 Å². The number of hydrogen-bond acceptors (Lipinski definition) is 4. The minimum absolute atomic E-state index is 0.260. The zero-order chi connectivity index (χ0) is 13.1. The van der Waals surface area contributed by atoms with E-state index in [2.05, 4.69) is 10.3 Å². The van der Waals surface area contributed by atoms with Crippen LogP contribution in [0.1, 0.15) is 5.56 Å². The van der Waals surface area contributed by atoms with E-state index in [1.165, 1.54) is 12.3 Å². The van der Waals surface area contributed by atoms with Gasteiger partial charge in [-0.3, -0.25) is 0 Å². The lowest BCUT2D eigenvalue weighted by molar-refractivity contribution is 1.30. The second-order valence-electron chi connectivity index (χ2n) is 3.45. The molecule has 4 nitrogen and oxygen atoms in total. The topological polar surface area (TPSA) is 74.7 Å². The third-order valence-corrected chi connectivity index (χ3v) is 2.95. The number of nitrogens with zero attached hydrogens (tertiary/aromatic N) is 2. The number of rotatable bonds is 2. The molecule has 0 atom stereocenters. The van der Waals surface area contributed by atoms with Crippen LogP contribution in [0, 0.1) is 11.3 Å². The molecule has 1 aromatic heterocycles. The van der Waals surface area contributed by atoms with E-state index in [9.17, 15) is 0 Å². The van der Waals surface area contributed by atoms with Crippen LogP contribution in [0.15, 0.2) is 30.5 Å². The highest BCUT2D eigenvalue weighted by Crippen LogP contribution is 2.33. The fourth-order valence-corrected chi connectivity index (χ4v) is 1.90. The fourth-order valence-electron chi connectivity index (χ4n) is 1.41. The molecule has 1 aromatic carbocycles. The summed E-state index contributed by atoms with van der Waals surface area (Å²) < 4.78 is 0. The minimum atomic E-state index is 0.260. The molecule has 0 saturated heterocycles. The molecular formula is C12H8Cl2N4. The number of aromatic nitrogens is 1. The summed E-state index contributed by atoms with van der Waals surface area (Å²) in [5, 5.41) is 12.7. The van der Waals surface area contributed by atoms with Crippen LogP contribution in [0.5, 0.6) is 0 Å². The van der Waals surface area contributed by atoms with E-state index < -0.39 is 0 Å². The standard InChI is InChI=1S/C12H8Cl2N4/c13-8-2-1-3-9(14)11(8)18-12-10(16)7(6-15)4-5-17-12/h1-5H,16H2,(H,17,18). The number of halogens is 2. The van der Waals surface area contributed by atoms with E-state index in [-0.39, 0.29) is 5.69 Å². The molecule has 0 aliphatic rings. The number of nitrogens with two attached hydrogens (primary N) is 1. The van der Waals surface area contributed by atoms with Crippen molar-refractivity contribution in [1.82, 2.24) is 4.98 Å². The summed E-state index contributed by atoms with van der Waals surface area (Å²) in [4.78, 5) is 4.06. The second kappa shape index (κ2) is 5.13. The van der Waals surface area contributed by atoms with Crippen molar-refractivity contribution < 1.29 is 0 Å². The smallest absolute Gasteiger partial charge is 0.155 e. The quantitative estimate of drug-likeness (QED) is 0.880. The van der Waals surface area contributed by atoms with Gasteiger partial charge in [0, 0.05) is 6.20 Å². The maximum atomic E-state index is 8.88. The number of pyridine rings is 1. The Kier molecular flexibility index (Phi) is 3.56. The third kappa shape index (κ3) is 2.33. The van der Waals surface area contributed by atoms with E-state index >= 15 is 0 Å². The van der Waals surface area contributed by atoms with Crippen molar-refractivity contribution in [2.45, 2.75) is 0 Å². The van der Waals surface area contributed by atoms with Crippen LogP contribution in [-0.2, 0) is 0 Å². The van der Waals surface area contributed by atoms with Crippen molar-refractivity contribution in [3.8, 4) is 6.07 Å². The van der Waals surface area contributed by atoms with Gasteiger partial charge in [0.05, 0.1) is 27.0 Å². The molecule has 0 aliphatic carbocycles. The van der Waals surface area contributed by atoms with Gasteiger partial charge in [-0.15, -0.1) is 0 Å². The normalized spacial score (nSPS) is 9.83. The van der Waals surface area contributed by atoms with Crippen LogP contribution in [-0.4, -0.2) is 4.98 Å². The van der Waals surface area contributed by atoms with E-state index in [1.807, 2.05) is 6.07 Å². The lowest BCUT2D eigenvalue weighted by Crippen LogP contribution is -2.02. The number of hydrogen-bond donors (Lipinski definition) is 2. The summed E-state index contributed by atoms with van der Waals surface area (Å²) in [6.07, 6.45) is 1.49. The lowest BCUT2D eigenvalue weighted by atomic mass is 10.2. The number of nitriles is 1. The van der Waals surface area contributed by atoms with Gasteiger partial charge in [-0.05, 0) is 18.2 Å².